The minimum absolute atomic E-state index is 0.292. The Morgan fingerprint density at radius 2 is 1.70 bits per heavy atom. The molecule has 0 bridgehead atoms. The van der Waals surface area contributed by atoms with E-state index in [1.165, 1.54) is 40.2 Å². The highest BCUT2D eigenvalue weighted by atomic mass is 32.2. The van der Waals surface area contributed by atoms with Crippen molar-refractivity contribution >= 4 is 27.6 Å². The van der Waals surface area contributed by atoms with Crippen LogP contribution in [0.3, 0.4) is 0 Å². The Labute approximate surface area is 251 Å². The number of nitrogens with one attached hydrogen (secondary N) is 2. The van der Waals surface area contributed by atoms with Crippen LogP contribution in [-0.2, 0) is 34.7 Å². The number of ether oxygens (including phenoxy) is 2. The summed E-state index contributed by atoms with van der Waals surface area (Å²) in [6, 6.07) is 1.36. The van der Waals surface area contributed by atoms with Crippen molar-refractivity contribution in [1.82, 2.24) is 15.5 Å². The molecule has 3 amide bonds. The zero-order valence-electron chi connectivity index (χ0n) is 24.4. The van der Waals surface area contributed by atoms with Crippen molar-refractivity contribution in [3.8, 4) is 5.75 Å². The van der Waals surface area contributed by atoms with Gasteiger partial charge in [0.25, 0.3) is 5.91 Å². The molecule has 5 N–H and O–H groups in total. The lowest BCUT2D eigenvalue weighted by Gasteiger charge is -2.34. The lowest BCUT2D eigenvalue weighted by Crippen LogP contribution is -2.61. The number of methoxy groups -OCH3 is 2. The molecule has 2 rings (SSSR count). The van der Waals surface area contributed by atoms with E-state index in [2.05, 4.69) is 5.32 Å². The number of benzene rings is 1. The van der Waals surface area contributed by atoms with Gasteiger partial charge in [0.15, 0.2) is 9.84 Å². The van der Waals surface area contributed by atoms with Crippen molar-refractivity contribution in [2.24, 2.45) is 11.7 Å². The number of aliphatic hydroxyl groups is 1. The van der Waals surface area contributed by atoms with Crippen LogP contribution >= 0.6 is 0 Å². The van der Waals surface area contributed by atoms with Crippen LogP contribution in [0.15, 0.2) is 24.3 Å². The molecule has 0 radical (unpaired) electrons. The van der Waals surface area contributed by atoms with Gasteiger partial charge in [0.1, 0.15) is 30.5 Å². The summed E-state index contributed by atoms with van der Waals surface area (Å²) in [6.07, 6.45) is -8.45. The molecule has 18 heteroatoms. The van der Waals surface area contributed by atoms with Gasteiger partial charge < -0.3 is 35.8 Å². The van der Waals surface area contributed by atoms with Crippen LogP contribution in [0.2, 0.25) is 0 Å². The van der Waals surface area contributed by atoms with Gasteiger partial charge in [-0.25, -0.2) is 8.42 Å². The number of likely N-dealkylation sites (tertiary alicyclic amines) is 1. The highest BCUT2D eigenvalue weighted by Gasteiger charge is 2.53. The Hall–Kier alpha value is -3.09. The van der Waals surface area contributed by atoms with Crippen molar-refractivity contribution in [2.75, 3.05) is 33.9 Å². The fourth-order valence-electron chi connectivity index (χ4n) is 4.61. The summed E-state index contributed by atoms with van der Waals surface area (Å²) in [5.74, 6) is -10.2. The van der Waals surface area contributed by atoms with Crippen LogP contribution in [0, 0.1) is 5.92 Å². The van der Waals surface area contributed by atoms with E-state index >= 15 is 0 Å². The molecule has 3 unspecified atom stereocenters. The highest BCUT2D eigenvalue weighted by molar-refractivity contribution is 7.91. The van der Waals surface area contributed by atoms with Crippen LogP contribution in [0.4, 0.5) is 22.0 Å². The van der Waals surface area contributed by atoms with E-state index in [1.807, 2.05) is 0 Å². The largest absolute Gasteiger partial charge is 0.497 e. The number of carbonyl (C=O) groups excluding carboxylic acids is 3. The molecule has 0 spiro atoms. The summed E-state index contributed by atoms with van der Waals surface area (Å²) in [4.78, 5) is 39.3. The summed E-state index contributed by atoms with van der Waals surface area (Å²) < 4.78 is 103. The average Bonchev–Trinajstić information content (AvgIpc) is 3.40. The number of hydrogen-bond donors (Lipinski definition) is 4. The van der Waals surface area contributed by atoms with Gasteiger partial charge in [-0.05, 0) is 30.0 Å². The Bertz CT molecular complexity index is 1260. The minimum Gasteiger partial charge on any atom is -0.497 e. The number of rotatable bonds is 14. The Morgan fingerprint density at radius 3 is 2.20 bits per heavy atom. The number of alkyl halides is 5. The summed E-state index contributed by atoms with van der Waals surface area (Å²) in [7, 11) is -1.33. The molecular weight excluding hydrogens is 623 g/mol. The van der Waals surface area contributed by atoms with E-state index < -0.39 is 100 Å². The van der Waals surface area contributed by atoms with Crippen molar-refractivity contribution in [2.45, 2.75) is 67.6 Å². The van der Waals surface area contributed by atoms with Crippen molar-refractivity contribution < 1.29 is 59.3 Å². The molecule has 1 aromatic carbocycles. The van der Waals surface area contributed by atoms with Crippen LogP contribution in [0.1, 0.15) is 25.8 Å². The third-order valence-electron chi connectivity index (χ3n) is 7.04. The lowest BCUT2D eigenvalue weighted by atomic mass is 9.93. The number of aliphatic hydroxyl groups excluding tert-OH is 1. The van der Waals surface area contributed by atoms with E-state index in [9.17, 15) is 49.9 Å². The Kier molecular flexibility index (Phi) is 12.5. The fraction of sp³-hybridized carbons (Fsp3) is 0.654. The monoisotopic (exact) mass is 660 g/mol. The third kappa shape index (κ3) is 9.45. The molecule has 1 aliphatic rings. The fourth-order valence-corrected chi connectivity index (χ4v) is 6.37. The van der Waals surface area contributed by atoms with E-state index in [1.54, 1.807) is 12.1 Å². The van der Waals surface area contributed by atoms with E-state index in [0.717, 1.165) is 10.2 Å². The van der Waals surface area contributed by atoms with Crippen molar-refractivity contribution in [3.63, 3.8) is 0 Å². The second kappa shape index (κ2) is 14.8. The Morgan fingerprint density at radius 1 is 1.11 bits per heavy atom. The highest BCUT2D eigenvalue weighted by Crippen LogP contribution is 2.29. The summed E-state index contributed by atoms with van der Waals surface area (Å²) in [5.41, 5.74) is 6.24. The van der Waals surface area contributed by atoms with Gasteiger partial charge in [0, 0.05) is 13.7 Å². The van der Waals surface area contributed by atoms with Crippen molar-refractivity contribution in [3.05, 3.63) is 29.8 Å². The molecule has 0 saturated carbocycles. The van der Waals surface area contributed by atoms with Gasteiger partial charge >= 0.3 is 12.1 Å². The summed E-state index contributed by atoms with van der Waals surface area (Å²) in [6.45, 7) is -0.282. The predicted octanol–water partition coefficient (Wildman–Crippen LogP) is 0.369. The van der Waals surface area contributed by atoms with E-state index in [0.29, 0.717) is 11.3 Å². The maximum atomic E-state index is 14.7. The minimum atomic E-state index is -5.01. The van der Waals surface area contributed by atoms with Gasteiger partial charge in [-0.2, -0.15) is 22.0 Å². The van der Waals surface area contributed by atoms with E-state index in [-0.39, 0.29) is 6.61 Å². The van der Waals surface area contributed by atoms with Crippen molar-refractivity contribution in [1.29, 1.82) is 0 Å². The first-order valence-corrected chi connectivity index (χ1v) is 15.1. The van der Waals surface area contributed by atoms with Crippen LogP contribution in [-0.4, -0.2) is 112 Å². The molecule has 250 valence electrons. The molecule has 12 nitrogen and oxygen atoms in total. The number of nitrogens with zero attached hydrogens (tertiary/aromatic N) is 1. The van der Waals surface area contributed by atoms with Crippen LogP contribution in [0.5, 0.6) is 5.75 Å². The number of hydrogen-bond acceptors (Lipinski definition) is 9. The normalized spacial score (nSPS) is 19.8. The van der Waals surface area contributed by atoms with E-state index in [4.69, 9.17) is 15.2 Å². The molecule has 1 aromatic rings. The number of halogens is 5. The average molecular weight is 661 g/mol. The van der Waals surface area contributed by atoms with Gasteiger partial charge in [-0.3, -0.25) is 14.4 Å². The Balaban J connectivity index is 2.33. The first kappa shape index (κ1) is 37.1. The number of nitrogens with two attached hydrogens (primary N) is 1. The first-order chi connectivity index (χ1) is 20.2. The van der Waals surface area contributed by atoms with Crippen LogP contribution < -0.4 is 21.1 Å². The quantitative estimate of drug-likeness (QED) is 0.205. The summed E-state index contributed by atoms with van der Waals surface area (Å²) >= 11 is 0. The molecule has 44 heavy (non-hydrogen) atoms. The maximum absolute atomic E-state index is 14.7. The number of amides is 3. The molecule has 1 heterocycles. The molecule has 1 fully saturated rings. The first-order valence-electron chi connectivity index (χ1n) is 13.4. The second-order valence-electron chi connectivity index (χ2n) is 10.7. The number of carbonyl (C=O) groups is 3. The molecular formula is C26H37F5N4O8S. The van der Waals surface area contributed by atoms with Gasteiger partial charge in [-0.1, -0.05) is 26.0 Å². The van der Waals surface area contributed by atoms with Gasteiger partial charge in [-0.15, -0.1) is 0 Å². The molecule has 0 aromatic heterocycles. The van der Waals surface area contributed by atoms with Crippen LogP contribution in [0.25, 0.3) is 0 Å². The van der Waals surface area contributed by atoms with Gasteiger partial charge in [0.05, 0.1) is 30.8 Å². The lowest BCUT2D eigenvalue weighted by molar-refractivity contribution is -0.175. The zero-order chi connectivity index (χ0) is 33.6. The van der Waals surface area contributed by atoms with Gasteiger partial charge in [0.2, 0.25) is 11.8 Å². The molecule has 5 atom stereocenters. The summed E-state index contributed by atoms with van der Waals surface area (Å²) in [5, 5.41) is 12.2. The molecule has 1 aliphatic heterocycles. The number of sulfone groups is 1. The molecule has 1 saturated heterocycles. The standard InChI is InChI=1S/C26H37F5N4O8S/c1-14(2)20(21(36)26(30,31)24(39)33-13-25(27,28)29)34-22(37)19-9-17(10-35(19)23(38)18(32)11-42-3)44(40,41)12-15-5-7-16(43-4)8-6-15/h5-8,14,17-21,36H,9-13,32H2,1-4H3,(H,33,39)(H,34,37)/t17-,18?,19+,20?,21?/m1/s1. The second-order valence-corrected chi connectivity index (χ2v) is 13.0. The predicted molar refractivity (Wildman–Crippen MR) is 146 cm³/mol. The topological polar surface area (TPSA) is 177 Å². The SMILES string of the molecule is COCC(N)C(=O)N1C[C@H](S(=O)(=O)Cc2ccc(OC)cc2)C[C@H]1C(=O)NC(C(C)C)C(O)C(F)(F)C(=O)NCC(F)(F)F. The third-order valence-corrected chi connectivity index (χ3v) is 9.13. The maximum Gasteiger partial charge on any atom is 0.405 e. The zero-order valence-corrected chi connectivity index (χ0v) is 25.3. The molecule has 0 aliphatic carbocycles. The smallest absolute Gasteiger partial charge is 0.405 e.